The molecule has 0 radical (unpaired) electrons. The number of nitrogens with zero attached hydrogens (tertiary/aromatic N) is 1. The number of hydrogen-bond donors (Lipinski definition) is 2. The monoisotopic (exact) mass is 287 g/mol. The summed E-state index contributed by atoms with van der Waals surface area (Å²) in [5, 5.41) is 3.39. The number of H-pyrrole nitrogens is 1. The largest absolute Gasteiger partial charge is 0.378 e. The van der Waals surface area contributed by atoms with Gasteiger partial charge < -0.3 is 10.3 Å². The summed E-state index contributed by atoms with van der Waals surface area (Å²) in [6, 6.07) is 10.5. The maximum atomic E-state index is 13.1. The van der Waals surface area contributed by atoms with Crippen molar-refractivity contribution in [2.24, 2.45) is 0 Å². The van der Waals surface area contributed by atoms with Gasteiger partial charge in [0.1, 0.15) is 5.82 Å². The third-order valence-electron chi connectivity index (χ3n) is 3.04. The molecule has 0 aliphatic carbocycles. The molecule has 3 rings (SSSR count). The second kappa shape index (κ2) is 5.32. The summed E-state index contributed by atoms with van der Waals surface area (Å²) in [5.74, 6) is -1.42. The number of benzene rings is 2. The Morgan fingerprint density at radius 1 is 1.10 bits per heavy atom. The number of aromatic amines is 1. The van der Waals surface area contributed by atoms with Crippen LogP contribution >= 0.6 is 0 Å². The van der Waals surface area contributed by atoms with Gasteiger partial charge in [-0.15, -0.1) is 0 Å². The number of aromatic nitrogens is 2. The van der Waals surface area contributed by atoms with Crippen molar-refractivity contribution in [1.29, 1.82) is 0 Å². The first kappa shape index (κ1) is 13.2. The molecule has 21 heavy (non-hydrogen) atoms. The van der Waals surface area contributed by atoms with Crippen molar-refractivity contribution in [3.63, 3.8) is 0 Å². The Bertz CT molecular complexity index is 861. The predicted molar refractivity (Wildman–Crippen MR) is 76.0 cm³/mol. The highest BCUT2D eigenvalue weighted by atomic mass is 19.2. The molecule has 0 fully saturated rings. The zero-order valence-corrected chi connectivity index (χ0v) is 10.9. The molecule has 0 saturated heterocycles. The predicted octanol–water partition coefficient (Wildman–Crippen LogP) is 2.81. The first-order valence-electron chi connectivity index (χ1n) is 6.30. The first-order chi connectivity index (χ1) is 10.1. The van der Waals surface area contributed by atoms with E-state index in [0.717, 1.165) is 12.1 Å². The molecule has 0 spiro atoms. The molecule has 4 nitrogen and oxygen atoms in total. The summed E-state index contributed by atoms with van der Waals surface area (Å²) in [5.41, 5.74) is 0.760. The smallest absolute Gasteiger partial charge is 0.258 e. The number of para-hydroxylation sites is 1. The minimum atomic E-state index is -0.931. The van der Waals surface area contributed by atoms with Crippen LogP contribution in [0.4, 0.5) is 14.5 Å². The zero-order valence-electron chi connectivity index (χ0n) is 10.9. The van der Waals surface area contributed by atoms with Crippen LogP contribution in [0, 0.1) is 11.6 Å². The average Bonchev–Trinajstić information content (AvgIpc) is 2.49. The third kappa shape index (κ3) is 2.74. The van der Waals surface area contributed by atoms with E-state index in [4.69, 9.17) is 0 Å². The van der Waals surface area contributed by atoms with Gasteiger partial charge in [0.15, 0.2) is 11.6 Å². The molecule has 0 bridgehead atoms. The Hall–Kier alpha value is -2.76. The second-order valence-electron chi connectivity index (χ2n) is 4.51. The number of fused-ring (bicyclic) bond motifs is 1. The molecule has 0 aliphatic heterocycles. The molecule has 0 aliphatic rings. The summed E-state index contributed by atoms with van der Waals surface area (Å²) >= 11 is 0. The van der Waals surface area contributed by atoms with Crippen LogP contribution in [0.3, 0.4) is 0 Å². The molecule has 2 aromatic carbocycles. The van der Waals surface area contributed by atoms with E-state index in [0.29, 0.717) is 22.4 Å². The van der Waals surface area contributed by atoms with Gasteiger partial charge in [0.25, 0.3) is 5.56 Å². The van der Waals surface area contributed by atoms with Gasteiger partial charge >= 0.3 is 0 Å². The summed E-state index contributed by atoms with van der Waals surface area (Å²) < 4.78 is 25.9. The van der Waals surface area contributed by atoms with Gasteiger partial charge in [-0.3, -0.25) is 4.79 Å². The molecule has 106 valence electrons. The Balaban J connectivity index is 1.85. The number of anilines is 1. The fourth-order valence-electron chi connectivity index (χ4n) is 2.01. The quantitative estimate of drug-likeness (QED) is 0.778. The number of hydrogen-bond acceptors (Lipinski definition) is 3. The van der Waals surface area contributed by atoms with E-state index in [1.54, 1.807) is 24.3 Å². The first-order valence-corrected chi connectivity index (χ1v) is 6.30. The van der Waals surface area contributed by atoms with E-state index in [9.17, 15) is 13.6 Å². The van der Waals surface area contributed by atoms with E-state index >= 15 is 0 Å². The van der Waals surface area contributed by atoms with Crippen molar-refractivity contribution in [2.45, 2.75) is 6.54 Å². The van der Waals surface area contributed by atoms with Gasteiger partial charge in [0.2, 0.25) is 0 Å². The maximum absolute atomic E-state index is 13.1. The van der Waals surface area contributed by atoms with Crippen LogP contribution in [0.2, 0.25) is 0 Å². The Morgan fingerprint density at radius 2 is 1.90 bits per heavy atom. The lowest BCUT2D eigenvalue weighted by atomic mass is 10.2. The fourth-order valence-corrected chi connectivity index (χ4v) is 2.01. The normalized spacial score (nSPS) is 10.8. The molecule has 6 heteroatoms. The molecule has 2 N–H and O–H groups in total. The molecular weight excluding hydrogens is 276 g/mol. The highest BCUT2D eigenvalue weighted by Gasteiger charge is 2.05. The molecule has 0 amide bonds. The van der Waals surface area contributed by atoms with Crippen molar-refractivity contribution < 1.29 is 8.78 Å². The van der Waals surface area contributed by atoms with E-state index in [1.807, 2.05) is 0 Å². The highest BCUT2D eigenvalue weighted by molar-refractivity contribution is 5.77. The van der Waals surface area contributed by atoms with Crippen molar-refractivity contribution in [3.05, 3.63) is 70.3 Å². The minimum Gasteiger partial charge on any atom is -0.378 e. The molecule has 3 aromatic rings. The van der Waals surface area contributed by atoms with Crippen molar-refractivity contribution >= 4 is 16.6 Å². The molecule has 1 aromatic heterocycles. The van der Waals surface area contributed by atoms with E-state index in [-0.39, 0.29) is 12.1 Å². The summed E-state index contributed by atoms with van der Waals surface area (Å²) in [6.07, 6.45) is 0. The lowest BCUT2D eigenvalue weighted by Gasteiger charge is -2.07. The van der Waals surface area contributed by atoms with Crippen molar-refractivity contribution in [1.82, 2.24) is 9.97 Å². The van der Waals surface area contributed by atoms with Crippen LogP contribution in [0.1, 0.15) is 5.82 Å². The van der Waals surface area contributed by atoms with Crippen LogP contribution in [0.5, 0.6) is 0 Å². The average molecular weight is 287 g/mol. The minimum absolute atomic E-state index is 0.200. The van der Waals surface area contributed by atoms with Crippen LogP contribution < -0.4 is 10.9 Å². The fraction of sp³-hybridized carbons (Fsp3) is 0.0667. The summed E-state index contributed by atoms with van der Waals surface area (Å²) in [4.78, 5) is 18.8. The number of nitrogens with one attached hydrogen (secondary N) is 2. The molecule has 0 saturated carbocycles. The van der Waals surface area contributed by atoms with Gasteiger partial charge in [-0.25, -0.2) is 13.8 Å². The van der Waals surface area contributed by atoms with Gasteiger partial charge in [0.05, 0.1) is 17.4 Å². The highest BCUT2D eigenvalue weighted by Crippen LogP contribution is 2.14. The summed E-state index contributed by atoms with van der Waals surface area (Å²) in [7, 11) is 0. The number of halogens is 2. The maximum Gasteiger partial charge on any atom is 0.258 e. The Kier molecular flexibility index (Phi) is 3.35. The van der Waals surface area contributed by atoms with Crippen LogP contribution in [-0.2, 0) is 6.54 Å². The molecule has 0 atom stereocenters. The van der Waals surface area contributed by atoms with E-state index in [2.05, 4.69) is 15.3 Å². The zero-order chi connectivity index (χ0) is 14.8. The van der Waals surface area contributed by atoms with Gasteiger partial charge in [0, 0.05) is 11.8 Å². The van der Waals surface area contributed by atoms with E-state index in [1.165, 1.54) is 6.07 Å². The van der Waals surface area contributed by atoms with Crippen LogP contribution in [-0.4, -0.2) is 9.97 Å². The molecule has 0 unspecified atom stereocenters. The Morgan fingerprint density at radius 3 is 2.71 bits per heavy atom. The second-order valence-corrected chi connectivity index (χ2v) is 4.51. The van der Waals surface area contributed by atoms with Crippen LogP contribution in [0.15, 0.2) is 47.3 Å². The topological polar surface area (TPSA) is 57.8 Å². The molecule has 1 heterocycles. The SMILES string of the molecule is O=c1[nH]c(CNc2ccc(F)c(F)c2)nc2ccccc12. The van der Waals surface area contributed by atoms with Crippen LogP contribution in [0.25, 0.3) is 10.9 Å². The lowest BCUT2D eigenvalue weighted by Crippen LogP contribution is -2.14. The van der Waals surface area contributed by atoms with Gasteiger partial charge in [-0.05, 0) is 24.3 Å². The number of rotatable bonds is 3. The third-order valence-corrected chi connectivity index (χ3v) is 3.04. The van der Waals surface area contributed by atoms with Gasteiger partial charge in [-0.2, -0.15) is 0 Å². The molecular formula is C15H11F2N3O. The summed E-state index contributed by atoms with van der Waals surface area (Å²) in [6.45, 7) is 0.200. The van der Waals surface area contributed by atoms with Crippen molar-refractivity contribution in [2.75, 3.05) is 5.32 Å². The lowest BCUT2D eigenvalue weighted by molar-refractivity contribution is 0.509. The van der Waals surface area contributed by atoms with Gasteiger partial charge in [-0.1, -0.05) is 12.1 Å². The Labute approximate surface area is 118 Å². The van der Waals surface area contributed by atoms with Crippen molar-refractivity contribution in [3.8, 4) is 0 Å². The standard InChI is InChI=1S/C15H11F2N3O/c16-11-6-5-9(7-12(11)17)18-8-14-19-13-4-2-1-3-10(13)15(21)20-14/h1-7,18H,8H2,(H,19,20,21). The van der Waals surface area contributed by atoms with E-state index < -0.39 is 11.6 Å².